The van der Waals surface area contributed by atoms with Crippen LogP contribution in [0.25, 0.3) is 71.7 Å². The molecule has 0 aliphatic rings. The lowest BCUT2D eigenvalue weighted by atomic mass is 9.98. The number of fused-ring (bicyclic) bond motifs is 6. The molecule has 2 heterocycles. The fourth-order valence-corrected chi connectivity index (χ4v) is 7.72. The highest BCUT2D eigenvalue weighted by Crippen LogP contribution is 2.46. The largest absolute Gasteiger partial charge is 0.456 e. The fraction of sp³-hybridized carbons (Fsp3) is 0. The summed E-state index contributed by atoms with van der Waals surface area (Å²) in [6.07, 6.45) is 0. The predicted octanol–water partition coefficient (Wildman–Crippen LogP) is 13.5. The molecule has 3 heteroatoms. The van der Waals surface area contributed by atoms with Gasteiger partial charge in [-0.3, -0.25) is 0 Å². The smallest absolute Gasteiger partial charge is 0.135 e. The lowest BCUT2D eigenvalue weighted by Crippen LogP contribution is -2.11. The first-order valence-electron chi connectivity index (χ1n) is 17.4. The zero-order chi connectivity index (χ0) is 33.7. The summed E-state index contributed by atoms with van der Waals surface area (Å²) >= 11 is 0. The van der Waals surface area contributed by atoms with Crippen LogP contribution < -0.4 is 4.90 Å². The fourth-order valence-electron chi connectivity index (χ4n) is 7.72. The van der Waals surface area contributed by atoms with E-state index in [0.717, 1.165) is 55.8 Å². The molecule has 0 unspecified atom stereocenters. The summed E-state index contributed by atoms with van der Waals surface area (Å²) in [7, 11) is 0. The van der Waals surface area contributed by atoms with Gasteiger partial charge in [0.1, 0.15) is 11.2 Å². The number of rotatable bonds is 6. The molecule has 0 bridgehead atoms. The molecule has 240 valence electrons. The summed E-state index contributed by atoms with van der Waals surface area (Å²) in [5.41, 5.74) is 13.2. The van der Waals surface area contributed by atoms with Gasteiger partial charge in [0.15, 0.2) is 0 Å². The van der Waals surface area contributed by atoms with Gasteiger partial charge in [-0.25, -0.2) is 0 Å². The number of hydrogen-bond donors (Lipinski definition) is 0. The molecule has 0 aliphatic heterocycles. The number of benzene rings is 8. The third-order valence-corrected chi connectivity index (χ3v) is 9.98. The Balaban J connectivity index is 1.28. The van der Waals surface area contributed by atoms with Crippen molar-refractivity contribution in [1.82, 2.24) is 4.57 Å². The quantitative estimate of drug-likeness (QED) is 0.178. The van der Waals surface area contributed by atoms with E-state index in [0.29, 0.717) is 0 Å². The minimum Gasteiger partial charge on any atom is -0.456 e. The van der Waals surface area contributed by atoms with Gasteiger partial charge in [-0.2, -0.15) is 0 Å². The number of anilines is 3. The highest BCUT2D eigenvalue weighted by molar-refractivity contribution is 6.17. The number of para-hydroxylation sites is 3. The molecule has 0 radical (unpaired) electrons. The van der Waals surface area contributed by atoms with E-state index >= 15 is 0 Å². The Kier molecular flexibility index (Phi) is 6.81. The van der Waals surface area contributed by atoms with Crippen molar-refractivity contribution in [1.29, 1.82) is 0 Å². The molecule has 0 amide bonds. The van der Waals surface area contributed by atoms with Crippen molar-refractivity contribution in [2.45, 2.75) is 0 Å². The number of nitrogens with zero attached hydrogens (tertiary/aromatic N) is 2. The molecule has 0 aliphatic carbocycles. The maximum atomic E-state index is 6.28. The van der Waals surface area contributed by atoms with Gasteiger partial charge in [-0.05, 0) is 83.4 Å². The monoisotopic (exact) mass is 652 g/mol. The second kappa shape index (κ2) is 11.9. The van der Waals surface area contributed by atoms with Gasteiger partial charge < -0.3 is 13.9 Å². The van der Waals surface area contributed by atoms with Crippen LogP contribution >= 0.6 is 0 Å². The highest BCUT2D eigenvalue weighted by atomic mass is 16.3. The molecule has 10 rings (SSSR count). The maximum Gasteiger partial charge on any atom is 0.135 e. The molecular weight excluding hydrogens is 621 g/mol. The van der Waals surface area contributed by atoms with E-state index in [1.54, 1.807) is 0 Å². The molecule has 0 saturated carbocycles. The SMILES string of the molecule is c1ccc(-c2ccccc2N(c2ccc3oc4ccccc4c3c2)c2ccc3c(c2)c2c(-c4ccccc4)cccc2n3-c2ccccc2)cc1. The normalized spacial score (nSPS) is 11.5. The van der Waals surface area contributed by atoms with Gasteiger partial charge in [0.25, 0.3) is 0 Å². The standard InChI is InChI=1S/C48H32N2O/c1-4-15-33(16-5-1)38-21-10-12-24-43(38)49(37-28-30-47-41(31-37)40-22-11-13-26-46(40)51-47)36-27-29-44-42(32-36)48-39(34-17-6-2-7-18-34)23-14-25-45(48)50(44)35-19-8-3-9-20-35/h1-32H. The van der Waals surface area contributed by atoms with E-state index in [2.05, 4.69) is 191 Å². The van der Waals surface area contributed by atoms with Crippen LogP contribution in [0, 0.1) is 0 Å². The van der Waals surface area contributed by atoms with Gasteiger partial charge in [0.05, 0.1) is 16.7 Å². The van der Waals surface area contributed by atoms with Crippen molar-refractivity contribution in [3.63, 3.8) is 0 Å². The van der Waals surface area contributed by atoms with Crippen molar-refractivity contribution < 1.29 is 4.42 Å². The van der Waals surface area contributed by atoms with E-state index in [4.69, 9.17) is 4.42 Å². The number of aromatic nitrogens is 1. The van der Waals surface area contributed by atoms with E-state index in [9.17, 15) is 0 Å². The molecule has 0 saturated heterocycles. The van der Waals surface area contributed by atoms with Gasteiger partial charge >= 0.3 is 0 Å². The summed E-state index contributed by atoms with van der Waals surface area (Å²) < 4.78 is 8.67. The molecule has 0 fully saturated rings. The second-order valence-corrected chi connectivity index (χ2v) is 12.9. The van der Waals surface area contributed by atoms with Crippen LogP contribution in [0.5, 0.6) is 0 Å². The zero-order valence-corrected chi connectivity index (χ0v) is 27.8. The third-order valence-electron chi connectivity index (χ3n) is 9.98. The van der Waals surface area contributed by atoms with Gasteiger partial charge in [0, 0.05) is 44.2 Å². The first-order valence-corrected chi connectivity index (χ1v) is 17.4. The Morgan fingerprint density at radius 3 is 1.76 bits per heavy atom. The van der Waals surface area contributed by atoms with Gasteiger partial charge in [-0.1, -0.05) is 127 Å². The summed E-state index contributed by atoms with van der Waals surface area (Å²) in [5, 5.41) is 4.64. The Morgan fingerprint density at radius 2 is 0.980 bits per heavy atom. The van der Waals surface area contributed by atoms with Crippen molar-refractivity contribution >= 4 is 60.8 Å². The molecule has 8 aromatic carbocycles. The van der Waals surface area contributed by atoms with Crippen LogP contribution in [-0.2, 0) is 0 Å². The minimum absolute atomic E-state index is 0.880. The van der Waals surface area contributed by atoms with Crippen LogP contribution in [0.3, 0.4) is 0 Å². The van der Waals surface area contributed by atoms with E-state index in [1.807, 2.05) is 12.1 Å². The second-order valence-electron chi connectivity index (χ2n) is 12.9. The topological polar surface area (TPSA) is 21.3 Å². The number of furan rings is 1. The molecule has 0 N–H and O–H groups in total. The molecule has 0 spiro atoms. The molecule has 0 atom stereocenters. The predicted molar refractivity (Wildman–Crippen MR) is 214 cm³/mol. The molecule has 51 heavy (non-hydrogen) atoms. The average Bonchev–Trinajstić information content (AvgIpc) is 3.74. The molecular formula is C48H32N2O. The third kappa shape index (κ3) is 4.82. The Morgan fingerprint density at radius 1 is 0.392 bits per heavy atom. The highest BCUT2D eigenvalue weighted by Gasteiger charge is 2.22. The van der Waals surface area contributed by atoms with Crippen LogP contribution in [0.15, 0.2) is 199 Å². The Hall–Kier alpha value is -6.84. The lowest BCUT2D eigenvalue weighted by Gasteiger charge is -2.28. The van der Waals surface area contributed by atoms with Crippen molar-refractivity contribution in [3.05, 3.63) is 194 Å². The molecule has 3 nitrogen and oxygen atoms in total. The van der Waals surface area contributed by atoms with Crippen molar-refractivity contribution in [2.24, 2.45) is 0 Å². The van der Waals surface area contributed by atoms with E-state index < -0.39 is 0 Å². The summed E-state index contributed by atoms with van der Waals surface area (Å²) in [4.78, 5) is 2.40. The van der Waals surface area contributed by atoms with Crippen LogP contribution in [0.2, 0.25) is 0 Å². The first kappa shape index (κ1) is 29.1. The first-order chi connectivity index (χ1) is 25.3. The van der Waals surface area contributed by atoms with Crippen molar-refractivity contribution in [2.75, 3.05) is 4.90 Å². The summed E-state index contributed by atoms with van der Waals surface area (Å²) in [6, 6.07) is 69.2. The van der Waals surface area contributed by atoms with Crippen LogP contribution in [-0.4, -0.2) is 4.57 Å². The Bertz CT molecular complexity index is 2850. The summed E-state index contributed by atoms with van der Waals surface area (Å²) in [6.45, 7) is 0. The van der Waals surface area contributed by atoms with Gasteiger partial charge in [-0.15, -0.1) is 0 Å². The molecule has 10 aromatic rings. The van der Waals surface area contributed by atoms with E-state index in [1.165, 1.54) is 33.0 Å². The molecule has 2 aromatic heterocycles. The minimum atomic E-state index is 0.880. The van der Waals surface area contributed by atoms with Gasteiger partial charge in [0.2, 0.25) is 0 Å². The van der Waals surface area contributed by atoms with Crippen molar-refractivity contribution in [3.8, 4) is 27.9 Å². The number of hydrogen-bond acceptors (Lipinski definition) is 2. The summed E-state index contributed by atoms with van der Waals surface area (Å²) in [5.74, 6) is 0. The van der Waals surface area contributed by atoms with Crippen LogP contribution in [0.1, 0.15) is 0 Å². The van der Waals surface area contributed by atoms with E-state index in [-0.39, 0.29) is 0 Å². The maximum absolute atomic E-state index is 6.28. The van der Waals surface area contributed by atoms with Crippen LogP contribution in [0.4, 0.5) is 17.1 Å². The zero-order valence-electron chi connectivity index (χ0n) is 27.8. The lowest BCUT2D eigenvalue weighted by molar-refractivity contribution is 0.669. The Labute approximate surface area is 295 Å². The average molecular weight is 653 g/mol.